The third-order valence-electron chi connectivity index (χ3n) is 7.59. The molecule has 0 bridgehead atoms. The third kappa shape index (κ3) is 8.98. The summed E-state index contributed by atoms with van der Waals surface area (Å²) in [6, 6.07) is 0. The van der Waals surface area contributed by atoms with E-state index in [1.54, 1.807) is 0 Å². The van der Waals surface area contributed by atoms with E-state index in [0.29, 0.717) is 38.5 Å². The molecule has 0 aromatic rings. The number of carboxylic acid groups (broad SMARTS) is 2. The second-order valence-corrected chi connectivity index (χ2v) is 9.91. The molecule has 0 aromatic heterocycles. The van der Waals surface area contributed by atoms with Crippen molar-refractivity contribution in [2.75, 3.05) is 0 Å². The molecular formula is C26H48O4. The van der Waals surface area contributed by atoms with E-state index >= 15 is 0 Å². The topological polar surface area (TPSA) is 74.6 Å². The summed E-state index contributed by atoms with van der Waals surface area (Å²) < 4.78 is 0. The van der Waals surface area contributed by atoms with E-state index in [2.05, 4.69) is 13.8 Å². The molecule has 0 amide bonds. The van der Waals surface area contributed by atoms with Crippen LogP contribution in [0.25, 0.3) is 0 Å². The van der Waals surface area contributed by atoms with Gasteiger partial charge in [0.05, 0.1) is 10.8 Å². The van der Waals surface area contributed by atoms with Gasteiger partial charge in [-0.25, -0.2) is 0 Å². The maximum Gasteiger partial charge on any atom is 0.309 e. The fourth-order valence-corrected chi connectivity index (χ4v) is 5.19. The Bertz CT molecular complexity index is 433. The Balaban J connectivity index is 2.45. The van der Waals surface area contributed by atoms with Gasteiger partial charge in [0, 0.05) is 0 Å². The zero-order chi connectivity index (χ0) is 22.3. The Morgan fingerprint density at radius 3 is 1.07 bits per heavy atom. The molecule has 0 atom stereocenters. The molecule has 30 heavy (non-hydrogen) atoms. The van der Waals surface area contributed by atoms with Gasteiger partial charge in [-0.05, 0) is 38.5 Å². The van der Waals surface area contributed by atoms with Crippen molar-refractivity contribution >= 4 is 11.9 Å². The lowest BCUT2D eigenvalue weighted by Crippen LogP contribution is -2.43. The second-order valence-electron chi connectivity index (χ2n) is 9.91. The predicted octanol–water partition coefficient (Wildman–Crippen LogP) is 7.98. The van der Waals surface area contributed by atoms with Crippen LogP contribution in [0.3, 0.4) is 0 Å². The predicted molar refractivity (Wildman–Crippen MR) is 124 cm³/mol. The van der Waals surface area contributed by atoms with Crippen molar-refractivity contribution in [2.24, 2.45) is 10.8 Å². The quantitative estimate of drug-likeness (QED) is 0.219. The molecule has 0 saturated heterocycles. The molecule has 1 aliphatic rings. The van der Waals surface area contributed by atoms with E-state index in [9.17, 15) is 19.8 Å². The third-order valence-corrected chi connectivity index (χ3v) is 7.59. The van der Waals surface area contributed by atoms with Crippen molar-refractivity contribution in [3.05, 3.63) is 0 Å². The molecule has 1 saturated carbocycles. The largest absolute Gasteiger partial charge is 0.481 e. The molecule has 1 fully saturated rings. The standard InChI is InChI=1S/C26H48O4/c1-3-5-7-9-11-13-15-17-25(23(27)28)19-21-26(22-20-25,24(29)30)18-16-14-12-10-8-6-4-2/h3-22H2,1-2H3,(H,27,28)(H,29,30). The zero-order valence-corrected chi connectivity index (χ0v) is 19.9. The highest BCUT2D eigenvalue weighted by Gasteiger charge is 2.49. The Hall–Kier alpha value is -1.06. The number of carboxylic acids is 2. The van der Waals surface area contributed by atoms with E-state index in [-0.39, 0.29) is 0 Å². The molecule has 0 spiro atoms. The van der Waals surface area contributed by atoms with Gasteiger partial charge < -0.3 is 10.2 Å². The fraction of sp³-hybridized carbons (Fsp3) is 0.923. The highest BCUT2D eigenvalue weighted by molar-refractivity contribution is 5.78. The minimum atomic E-state index is -0.705. The van der Waals surface area contributed by atoms with Gasteiger partial charge in [-0.3, -0.25) is 9.59 Å². The van der Waals surface area contributed by atoms with Crippen LogP contribution in [0.5, 0.6) is 0 Å². The van der Waals surface area contributed by atoms with Crippen molar-refractivity contribution in [3.8, 4) is 0 Å². The second kappa shape index (κ2) is 14.9. The normalized spacial score (nSPS) is 24.1. The van der Waals surface area contributed by atoms with Gasteiger partial charge in [-0.15, -0.1) is 0 Å². The van der Waals surface area contributed by atoms with Crippen LogP contribution in [0, 0.1) is 10.8 Å². The van der Waals surface area contributed by atoms with Crippen molar-refractivity contribution in [1.82, 2.24) is 0 Å². The van der Waals surface area contributed by atoms with Gasteiger partial charge >= 0.3 is 11.9 Å². The molecule has 0 unspecified atom stereocenters. The molecule has 0 heterocycles. The Labute approximate surface area is 185 Å². The summed E-state index contributed by atoms with van der Waals surface area (Å²) in [5.41, 5.74) is -1.38. The Kier molecular flexibility index (Phi) is 13.4. The lowest BCUT2D eigenvalue weighted by Gasteiger charge is -2.42. The van der Waals surface area contributed by atoms with Gasteiger partial charge in [0.1, 0.15) is 0 Å². The number of carbonyl (C=O) groups is 2. The summed E-state index contributed by atoms with van der Waals surface area (Å²) in [4.78, 5) is 24.2. The number of hydrogen-bond donors (Lipinski definition) is 2. The van der Waals surface area contributed by atoms with Crippen molar-refractivity contribution < 1.29 is 19.8 Å². The summed E-state index contributed by atoms with van der Waals surface area (Å²) in [5, 5.41) is 19.9. The number of aliphatic carboxylic acids is 2. The minimum absolute atomic E-state index is 0.529. The molecule has 0 radical (unpaired) electrons. The summed E-state index contributed by atoms with van der Waals surface area (Å²) in [6.07, 6.45) is 20.1. The molecule has 2 N–H and O–H groups in total. The summed E-state index contributed by atoms with van der Waals surface area (Å²) in [5.74, 6) is -1.41. The summed E-state index contributed by atoms with van der Waals surface area (Å²) in [7, 11) is 0. The van der Waals surface area contributed by atoms with Crippen molar-refractivity contribution in [2.45, 2.75) is 142 Å². The van der Waals surface area contributed by atoms with Crippen LogP contribution in [0.2, 0.25) is 0 Å². The van der Waals surface area contributed by atoms with Crippen LogP contribution in [0.15, 0.2) is 0 Å². The van der Waals surface area contributed by atoms with Gasteiger partial charge in [-0.2, -0.15) is 0 Å². The molecule has 176 valence electrons. The minimum Gasteiger partial charge on any atom is -0.481 e. The van der Waals surface area contributed by atoms with Crippen LogP contribution in [0.4, 0.5) is 0 Å². The Morgan fingerprint density at radius 1 is 0.533 bits per heavy atom. The molecule has 0 aliphatic heterocycles. The Morgan fingerprint density at radius 2 is 0.800 bits per heavy atom. The van der Waals surface area contributed by atoms with Gasteiger partial charge in [0.2, 0.25) is 0 Å². The van der Waals surface area contributed by atoms with E-state index in [0.717, 1.165) is 25.7 Å². The number of rotatable bonds is 18. The van der Waals surface area contributed by atoms with E-state index < -0.39 is 22.8 Å². The fourth-order valence-electron chi connectivity index (χ4n) is 5.19. The SMILES string of the molecule is CCCCCCCCCC1(C(=O)O)CCC(CCCCCCCCC)(C(=O)O)CC1. The number of unbranched alkanes of at least 4 members (excludes halogenated alkanes) is 12. The van der Waals surface area contributed by atoms with Gasteiger partial charge in [-0.1, -0.05) is 104 Å². The van der Waals surface area contributed by atoms with E-state index in [1.165, 1.54) is 64.2 Å². The van der Waals surface area contributed by atoms with E-state index in [4.69, 9.17) is 0 Å². The van der Waals surface area contributed by atoms with Crippen LogP contribution < -0.4 is 0 Å². The van der Waals surface area contributed by atoms with Gasteiger partial charge in [0.15, 0.2) is 0 Å². The van der Waals surface area contributed by atoms with Crippen LogP contribution in [0.1, 0.15) is 142 Å². The monoisotopic (exact) mass is 424 g/mol. The maximum atomic E-state index is 12.1. The number of hydrogen-bond acceptors (Lipinski definition) is 2. The summed E-state index contributed by atoms with van der Waals surface area (Å²) >= 11 is 0. The van der Waals surface area contributed by atoms with E-state index in [1.807, 2.05) is 0 Å². The first-order valence-corrected chi connectivity index (χ1v) is 12.9. The average Bonchev–Trinajstić information content (AvgIpc) is 2.73. The first kappa shape index (κ1) is 27.0. The molecular weight excluding hydrogens is 376 g/mol. The zero-order valence-electron chi connectivity index (χ0n) is 19.9. The molecule has 1 aliphatic carbocycles. The highest BCUT2D eigenvalue weighted by atomic mass is 16.4. The first-order valence-electron chi connectivity index (χ1n) is 12.9. The van der Waals surface area contributed by atoms with Crippen molar-refractivity contribution in [3.63, 3.8) is 0 Å². The van der Waals surface area contributed by atoms with Gasteiger partial charge in [0.25, 0.3) is 0 Å². The lowest BCUT2D eigenvalue weighted by atomic mass is 9.60. The average molecular weight is 425 g/mol. The summed E-state index contributed by atoms with van der Waals surface area (Å²) in [6.45, 7) is 4.43. The van der Waals surface area contributed by atoms with Crippen LogP contribution in [-0.4, -0.2) is 22.2 Å². The van der Waals surface area contributed by atoms with Crippen LogP contribution >= 0.6 is 0 Å². The molecule has 0 aromatic carbocycles. The molecule has 4 nitrogen and oxygen atoms in total. The molecule has 4 heteroatoms. The lowest BCUT2D eigenvalue weighted by molar-refractivity contribution is -0.162. The smallest absolute Gasteiger partial charge is 0.309 e. The highest BCUT2D eigenvalue weighted by Crippen LogP contribution is 2.50. The molecule has 1 rings (SSSR count). The van der Waals surface area contributed by atoms with Crippen LogP contribution in [-0.2, 0) is 9.59 Å². The van der Waals surface area contributed by atoms with Crippen molar-refractivity contribution in [1.29, 1.82) is 0 Å². The first-order chi connectivity index (χ1) is 14.4. The maximum absolute atomic E-state index is 12.1.